The third-order valence-electron chi connectivity index (χ3n) is 2.12. The molecule has 2 heterocycles. The van der Waals surface area contributed by atoms with Gasteiger partial charge in [-0.25, -0.2) is 8.78 Å². The summed E-state index contributed by atoms with van der Waals surface area (Å²) in [6.07, 6.45) is 1.30. The molecule has 18 heavy (non-hydrogen) atoms. The summed E-state index contributed by atoms with van der Waals surface area (Å²) in [6, 6.07) is 2.63. The Hall–Kier alpha value is -2.51. The molecule has 0 atom stereocenters. The molecule has 0 aromatic carbocycles. The lowest BCUT2D eigenvalue weighted by atomic mass is 10.3. The predicted molar refractivity (Wildman–Crippen MR) is 59.0 cm³/mol. The number of carbonyl (C=O) groups excluding carboxylic acids is 1. The summed E-state index contributed by atoms with van der Waals surface area (Å²) in [5, 5.41) is 3.82. The molecule has 6 nitrogen and oxygen atoms in total. The van der Waals surface area contributed by atoms with Crippen LogP contribution in [-0.4, -0.2) is 20.8 Å². The summed E-state index contributed by atoms with van der Waals surface area (Å²) < 4.78 is 24.5. The molecule has 0 aliphatic heterocycles. The molecule has 2 aromatic rings. The van der Waals surface area contributed by atoms with Crippen LogP contribution in [0, 0.1) is 0 Å². The summed E-state index contributed by atoms with van der Waals surface area (Å²) in [6.45, 7) is 0. The van der Waals surface area contributed by atoms with Crippen molar-refractivity contribution in [2.24, 2.45) is 5.73 Å². The van der Waals surface area contributed by atoms with E-state index in [4.69, 9.17) is 5.73 Å². The quantitative estimate of drug-likeness (QED) is 0.856. The molecule has 0 saturated carbocycles. The van der Waals surface area contributed by atoms with Gasteiger partial charge in [-0.05, 0) is 12.1 Å². The highest BCUT2D eigenvalue weighted by molar-refractivity contribution is 5.92. The minimum Gasteiger partial charge on any atom is -0.365 e. The Kier molecular flexibility index (Phi) is 3.18. The maximum absolute atomic E-state index is 12.3. The number of anilines is 1. The minimum atomic E-state index is -2.61. The number of rotatable bonds is 4. The van der Waals surface area contributed by atoms with Crippen LogP contribution < -0.4 is 11.2 Å². The van der Waals surface area contributed by atoms with E-state index >= 15 is 0 Å². The molecular formula is C10H9F2N5O. The average Bonchev–Trinajstić information content (AvgIpc) is 2.78. The van der Waals surface area contributed by atoms with Crippen LogP contribution in [-0.2, 0) is 0 Å². The van der Waals surface area contributed by atoms with Gasteiger partial charge in [-0.1, -0.05) is 0 Å². The van der Waals surface area contributed by atoms with Gasteiger partial charge >= 0.3 is 0 Å². The number of primary amides is 1. The maximum atomic E-state index is 12.3. The zero-order valence-corrected chi connectivity index (χ0v) is 9.05. The Balaban J connectivity index is 2.10. The highest BCUT2D eigenvalue weighted by Gasteiger charge is 2.08. The van der Waals surface area contributed by atoms with Crippen LogP contribution in [0.2, 0.25) is 0 Å². The van der Waals surface area contributed by atoms with E-state index in [1.807, 2.05) is 0 Å². The second-order valence-electron chi connectivity index (χ2n) is 3.42. The molecule has 0 aliphatic carbocycles. The lowest BCUT2D eigenvalue weighted by Gasteiger charge is -2.05. The van der Waals surface area contributed by atoms with Crippen LogP contribution in [0.1, 0.15) is 22.5 Å². The number of hydrogen-bond acceptors (Lipinski definition) is 4. The number of alkyl halides is 2. The topological polar surface area (TPSA) is 85.8 Å². The van der Waals surface area contributed by atoms with Crippen molar-refractivity contribution in [3.63, 3.8) is 0 Å². The highest BCUT2D eigenvalue weighted by Crippen LogP contribution is 2.17. The van der Waals surface area contributed by atoms with Gasteiger partial charge in [0.2, 0.25) is 0 Å². The third kappa shape index (κ3) is 2.59. The number of pyridine rings is 1. The van der Waals surface area contributed by atoms with Gasteiger partial charge in [0.15, 0.2) is 0 Å². The van der Waals surface area contributed by atoms with Gasteiger partial charge in [0.1, 0.15) is 5.69 Å². The molecule has 3 N–H and O–H groups in total. The number of nitrogens with one attached hydrogen (secondary N) is 1. The second-order valence-corrected chi connectivity index (χ2v) is 3.42. The molecular weight excluding hydrogens is 244 g/mol. The fraction of sp³-hybridized carbons (Fsp3) is 0.100. The molecule has 94 valence electrons. The van der Waals surface area contributed by atoms with E-state index in [1.54, 1.807) is 0 Å². The van der Waals surface area contributed by atoms with E-state index in [0.29, 0.717) is 5.69 Å². The average molecular weight is 253 g/mol. The fourth-order valence-corrected chi connectivity index (χ4v) is 1.24. The monoisotopic (exact) mass is 253 g/mol. The summed E-state index contributed by atoms with van der Waals surface area (Å²) in [4.78, 5) is 15.6. The number of amides is 1. The molecule has 0 bridgehead atoms. The van der Waals surface area contributed by atoms with Crippen molar-refractivity contribution in [3.05, 3.63) is 42.0 Å². The summed E-state index contributed by atoms with van der Waals surface area (Å²) in [5.74, 6) is -0.603. The molecule has 0 aliphatic rings. The van der Waals surface area contributed by atoms with E-state index in [1.165, 1.54) is 35.5 Å². The van der Waals surface area contributed by atoms with Gasteiger partial charge in [0.25, 0.3) is 12.3 Å². The van der Waals surface area contributed by atoms with Crippen molar-refractivity contribution in [2.75, 3.05) is 5.43 Å². The third-order valence-corrected chi connectivity index (χ3v) is 2.12. The molecule has 0 unspecified atom stereocenters. The van der Waals surface area contributed by atoms with Gasteiger partial charge < -0.3 is 5.73 Å². The second kappa shape index (κ2) is 4.78. The molecule has 1 amide bonds. The Morgan fingerprint density at radius 3 is 2.67 bits per heavy atom. The normalized spacial score (nSPS) is 10.6. The first kappa shape index (κ1) is 12.0. The van der Waals surface area contributed by atoms with Crippen LogP contribution in [0.3, 0.4) is 0 Å². The number of aromatic nitrogens is 3. The summed E-state index contributed by atoms with van der Waals surface area (Å²) in [5.41, 5.74) is 8.18. The van der Waals surface area contributed by atoms with Crippen molar-refractivity contribution in [3.8, 4) is 0 Å². The zero-order chi connectivity index (χ0) is 13.1. The molecule has 0 saturated heterocycles. The predicted octanol–water partition coefficient (Wildman–Crippen LogP) is 1.19. The lowest BCUT2D eigenvalue weighted by Crippen LogP contribution is -2.12. The van der Waals surface area contributed by atoms with Gasteiger partial charge in [-0.3, -0.25) is 15.2 Å². The summed E-state index contributed by atoms with van der Waals surface area (Å²) >= 11 is 0. The first-order valence-corrected chi connectivity index (χ1v) is 4.92. The minimum absolute atomic E-state index is 0.236. The molecule has 0 radical (unpaired) electrons. The van der Waals surface area contributed by atoms with Crippen molar-refractivity contribution in [1.29, 1.82) is 0 Å². The number of nitrogens with zero attached hydrogens (tertiary/aromatic N) is 3. The Morgan fingerprint density at radius 2 is 2.17 bits per heavy atom. The molecule has 0 spiro atoms. The van der Waals surface area contributed by atoms with Gasteiger partial charge in [-0.15, -0.1) is 0 Å². The number of halogens is 2. The first-order chi connectivity index (χ1) is 8.56. The van der Waals surface area contributed by atoms with E-state index in [9.17, 15) is 13.6 Å². The van der Waals surface area contributed by atoms with Crippen LogP contribution in [0.5, 0.6) is 0 Å². The van der Waals surface area contributed by atoms with Crippen molar-refractivity contribution >= 4 is 11.6 Å². The lowest BCUT2D eigenvalue weighted by molar-refractivity contribution is 0.1000. The zero-order valence-electron chi connectivity index (χ0n) is 9.05. The standard InChI is InChI=1S/C10H9F2N5O/c11-9(12)8-2-1-7(4-14-8)16-17-5-6(3-15-17)10(13)18/h1-5,9,16H,(H2,13,18). The number of hydrogen-bond donors (Lipinski definition) is 2. The molecule has 2 rings (SSSR count). The summed E-state index contributed by atoms with van der Waals surface area (Å²) in [7, 11) is 0. The Bertz CT molecular complexity index is 552. The SMILES string of the molecule is NC(=O)c1cnn(Nc2ccc(C(F)F)nc2)c1. The fourth-order valence-electron chi connectivity index (χ4n) is 1.24. The van der Waals surface area contributed by atoms with Gasteiger partial charge in [-0.2, -0.15) is 9.89 Å². The van der Waals surface area contributed by atoms with Crippen LogP contribution in [0.25, 0.3) is 0 Å². The molecule has 0 fully saturated rings. The highest BCUT2D eigenvalue weighted by atomic mass is 19.3. The van der Waals surface area contributed by atoms with Crippen molar-refractivity contribution in [1.82, 2.24) is 14.9 Å². The van der Waals surface area contributed by atoms with Gasteiger partial charge in [0.05, 0.1) is 29.8 Å². The van der Waals surface area contributed by atoms with Crippen molar-refractivity contribution in [2.45, 2.75) is 6.43 Å². The first-order valence-electron chi connectivity index (χ1n) is 4.92. The largest absolute Gasteiger partial charge is 0.365 e. The van der Waals surface area contributed by atoms with Crippen molar-refractivity contribution < 1.29 is 13.6 Å². The van der Waals surface area contributed by atoms with Crippen LogP contribution in [0.4, 0.5) is 14.5 Å². The van der Waals surface area contributed by atoms with E-state index in [2.05, 4.69) is 15.5 Å². The number of nitrogens with two attached hydrogens (primary N) is 1. The van der Waals surface area contributed by atoms with E-state index < -0.39 is 12.3 Å². The van der Waals surface area contributed by atoms with Crippen LogP contribution in [0.15, 0.2) is 30.7 Å². The number of carbonyl (C=O) groups is 1. The molecule has 2 aromatic heterocycles. The van der Waals surface area contributed by atoms with E-state index in [-0.39, 0.29) is 11.3 Å². The Labute approximate surface area is 100 Å². The maximum Gasteiger partial charge on any atom is 0.280 e. The van der Waals surface area contributed by atoms with Gasteiger partial charge in [0, 0.05) is 0 Å². The van der Waals surface area contributed by atoms with Crippen LogP contribution >= 0.6 is 0 Å². The Morgan fingerprint density at radius 1 is 1.39 bits per heavy atom. The molecule has 8 heteroatoms. The smallest absolute Gasteiger partial charge is 0.280 e. The van der Waals surface area contributed by atoms with E-state index in [0.717, 1.165) is 0 Å².